The van der Waals surface area contributed by atoms with E-state index in [4.69, 9.17) is 0 Å². The molecule has 0 saturated carbocycles. The molecule has 3 aromatic rings. The van der Waals surface area contributed by atoms with Gasteiger partial charge in [-0.25, -0.2) is 0 Å². The van der Waals surface area contributed by atoms with Gasteiger partial charge in [0.2, 0.25) is 0 Å². The van der Waals surface area contributed by atoms with Crippen LogP contribution >= 0.6 is 15.7 Å². The average molecular weight is 408 g/mol. The van der Waals surface area contributed by atoms with Gasteiger partial charge < -0.3 is 0 Å². The summed E-state index contributed by atoms with van der Waals surface area (Å²) in [6, 6.07) is 32.3. The second-order valence-electron chi connectivity index (χ2n) is 5.30. The Bertz CT molecular complexity index is 720. The molecule has 0 heterocycles. The molecule has 0 aliphatic rings. The van der Waals surface area contributed by atoms with Crippen molar-refractivity contribution >= 4 is 31.6 Å². The minimum atomic E-state index is -10.7. The number of rotatable bonds is 3. The molecule has 0 radical (unpaired) electrons. The van der Waals surface area contributed by atoms with Gasteiger partial charge in [-0.05, 0) is 23.8 Å². The Hall–Kier alpha value is -1.90. The molecule has 26 heavy (non-hydrogen) atoms. The molecule has 0 aliphatic carbocycles. The van der Waals surface area contributed by atoms with E-state index in [0.717, 1.165) is 0 Å². The normalized spacial score (nSPS) is 14.0. The number of hydrogen-bond acceptors (Lipinski definition) is 0. The topological polar surface area (TPSA) is 0 Å². The molecular weight excluding hydrogens is 392 g/mol. The molecule has 0 aromatic heterocycles. The van der Waals surface area contributed by atoms with Gasteiger partial charge in [-0.1, -0.05) is 91.0 Å². The number of halogens is 6. The Morgan fingerprint density at radius 1 is 0.462 bits per heavy atom. The minimum absolute atomic E-state index is 0. The van der Waals surface area contributed by atoms with E-state index in [1.807, 2.05) is 0 Å². The predicted octanol–water partition coefficient (Wildman–Crippen LogP) is 6.94. The third kappa shape index (κ3) is 8.46. The molecule has 0 spiro atoms. The fourth-order valence-corrected chi connectivity index (χ4v) is 4.48. The van der Waals surface area contributed by atoms with E-state index < -0.39 is 15.7 Å². The van der Waals surface area contributed by atoms with Gasteiger partial charge in [0.1, 0.15) is 0 Å². The van der Waals surface area contributed by atoms with Crippen molar-refractivity contribution in [1.29, 1.82) is 0 Å². The zero-order valence-corrected chi connectivity index (χ0v) is 15.1. The van der Waals surface area contributed by atoms with Crippen LogP contribution < -0.4 is 15.9 Å². The van der Waals surface area contributed by atoms with Gasteiger partial charge in [-0.3, -0.25) is 0 Å². The number of hydrogen-bond donors (Lipinski definition) is 0. The smallest absolute Gasteiger partial charge is 0.0622 e. The Morgan fingerprint density at radius 3 is 0.846 bits per heavy atom. The summed E-state index contributed by atoms with van der Waals surface area (Å²) in [5.41, 5.74) is 0. The van der Waals surface area contributed by atoms with Gasteiger partial charge >= 0.3 is 34.4 Å². The third-order valence-corrected chi connectivity index (χ3v) is 5.49. The first-order valence-electron chi connectivity index (χ1n) is 7.42. The van der Waals surface area contributed by atoms with E-state index in [9.17, 15) is 25.2 Å². The first kappa shape index (κ1) is 20.4. The molecule has 0 atom stereocenters. The van der Waals surface area contributed by atoms with Crippen molar-refractivity contribution in [3.8, 4) is 0 Å². The monoisotopic (exact) mass is 408 g/mol. The van der Waals surface area contributed by atoms with Crippen LogP contribution in [-0.2, 0) is 0 Å². The second-order valence-corrected chi connectivity index (χ2v) is 9.44. The molecule has 0 unspecified atom stereocenters. The summed E-state index contributed by atoms with van der Waals surface area (Å²) in [6.07, 6.45) is 0. The van der Waals surface area contributed by atoms with Crippen molar-refractivity contribution in [2.45, 2.75) is 0 Å². The fraction of sp³-hybridized carbons (Fsp3) is 0. The van der Waals surface area contributed by atoms with Crippen LogP contribution in [0.1, 0.15) is 1.43 Å². The van der Waals surface area contributed by atoms with Crippen molar-refractivity contribution in [3.63, 3.8) is 0 Å². The van der Waals surface area contributed by atoms with E-state index in [-0.39, 0.29) is 1.43 Å². The van der Waals surface area contributed by atoms with Crippen molar-refractivity contribution in [1.82, 2.24) is 0 Å². The first-order valence-corrected chi connectivity index (χ1v) is 10.8. The molecule has 3 rings (SSSR count). The van der Waals surface area contributed by atoms with Crippen LogP contribution in [0.5, 0.6) is 0 Å². The van der Waals surface area contributed by atoms with Crippen molar-refractivity contribution < 1.29 is 26.6 Å². The van der Waals surface area contributed by atoms with Crippen LogP contribution in [0.15, 0.2) is 91.0 Å². The maximum absolute atomic E-state index is 10.7. The summed E-state index contributed by atoms with van der Waals surface area (Å²) in [6.45, 7) is 0. The summed E-state index contributed by atoms with van der Waals surface area (Å²) in [5.74, 6) is 0. The zero-order valence-electron chi connectivity index (χ0n) is 14.3. The Morgan fingerprint density at radius 2 is 0.654 bits per heavy atom. The van der Waals surface area contributed by atoms with Gasteiger partial charge in [-0.2, -0.15) is 0 Å². The zero-order chi connectivity index (χ0) is 19.3. The number of benzene rings is 3. The van der Waals surface area contributed by atoms with Gasteiger partial charge in [0.15, 0.2) is 0 Å². The van der Waals surface area contributed by atoms with Crippen LogP contribution in [0, 0.1) is 0 Å². The van der Waals surface area contributed by atoms with Crippen molar-refractivity contribution in [2.75, 3.05) is 0 Å². The van der Waals surface area contributed by atoms with E-state index in [2.05, 4.69) is 91.0 Å². The SMILES string of the molecule is F[P-](F)(F)(F)(F)F.[H+].c1ccc(P(c2ccccc2)c2ccccc2)cc1. The minimum Gasteiger partial charge on any atom is -0.0622 e. The summed E-state index contributed by atoms with van der Waals surface area (Å²) >= 11 is 0. The largest absolute Gasteiger partial charge is 1.00 e. The first-order chi connectivity index (χ1) is 11.9. The maximum Gasteiger partial charge on any atom is 1.00 e. The quantitative estimate of drug-likeness (QED) is 0.325. The van der Waals surface area contributed by atoms with Gasteiger partial charge in [0, 0.05) is 0 Å². The van der Waals surface area contributed by atoms with Crippen LogP contribution in [0.25, 0.3) is 0 Å². The molecule has 8 heteroatoms. The van der Waals surface area contributed by atoms with Crippen molar-refractivity contribution in [3.05, 3.63) is 91.0 Å². The van der Waals surface area contributed by atoms with Crippen LogP contribution in [0.4, 0.5) is 25.2 Å². The van der Waals surface area contributed by atoms with E-state index in [1.54, 1.807) is 0 Å². The molecule has 0 aliphatic heterocycles. The average Bonchev–Trinajstić information content (AvgIpc) is 2.55. The summed E-state index contributed by atoms with van der Waals surface area (Å²) in [4.78, 5) is 0. The fourth-order valence-electron chi connectivity index (χ4n) is 2.18. The van der Waals surface area contributed by atoms with Gasteiger partial charge in [0.25, 0.3) is 0 Å². The Kier molecular flexibility index (Phi) is 5.51. The molecule has 0 saturated heterocycles. The predicted molar refractivity (Wildman–Crippen MR) is 99.8 cm³/mol. The van der Waals surface area contributed by atoms with Crippen LogP contribution in [0.2, 0.25) is 0 Å². The molecule has 0 fully saturated rings. The molecule has 0 amide bonds. The molecule has 0 N–H and O–H groups in total. The van der Waals surface area contributed by atoms with E-state index >= 15 is 0 Å². The summed E-state index contributed by atoms with van der Waals surface area (Å²) in [7, 11) is -11.1. The molecule has 0 nitrogen and oxygen atoms in total. The van der Waals surface area contributed by atoms with Crippen molar-refractivity contribution in [2.24, 2.45) is 0 Å². The molecule has 3 aromatic carbocycles. The van der Waals surface area contributed by atoms with E-state index in [1.165, 1.54) is 15.9 Å². The van der Waals surface area contributed by atoms with Crippen LogP contribution in [-0.4, -0.2) is 0 Å². The molecular formula is C18H16F6P2. The third-order valence-electron chi connectivity index (χ3n) is 3.04. The van der Waals surface area contributed by atoms with Crippen LogP contribution in [0.3, 0.4) is 0 Å². The summed E-state index contributed by atoms with van der Waals surface area (Å²) < 4.78 is 59.2. The molecule has 140 valence electrons. The van der Waals surface area contributed by atoms with E-state index in [0.29, 0.717) is 0 Å². The second kappa shape index (κ2) is 7.02. The standard InChI is InChI=1S/C18H15P.F6P/c1-4-10-16(11-5-1)19(17-12-6-2-7-13-17)18-14-8-3-9-15-18;1-7(2,3,4,5)6/h1-15H;/q;-1/p+1. The van der Waals surface area contributed by atoms with Gasteiger partial charge in [-0.15, -0.1) is 0 Å². The molecule has 0 bridgehead atoms. The maximum atomic E-state index is 9.87. The van der Waals surface area contributed by atoms with Gasteiger partial charge in [0.05, 0.1) is 0 Å². The Labute approximate surface area is 150 Å². The Balaban J connectivity index is 0.000000395. The summed E-state index contributed by atoms with van der Waals surface area (Å²) in [5, 5.41) is 4.19.